The molecule has 4 heteroatoms. The maximum atomic E-state index is 6.76. The molecule has 12 rings (SSSR count). The highest BCUT2D eigenvalue weighted by Crippen LogP contribution is 2.62. The van der Waals surface area contributed by atoms with Crippen LogP contribution in [0, 0.1) is 0 Å². The predicted molar refractivity (Wildman–Crippen MR) is 237 cm³/mol. The zero-order valence-corrected chi connectivity index (χ0v) is 32.6. The Morgan fingerprint density at radius 3 is 1.51 bits per heavy atom. The summed E-state index contributed by atoms with van der Waals surface area (Å²) in [6, 6.07) is 67.0. The van der Waals surface area contributed by atoms with Crippen LogP contribution in [0.4, 0.5) is 0 Å². The average molecular weight is 756 g/mol. The first-order valence-corrected chi connectivity index (χ1v) is 20.3. The van der Waals surface area contributed by atoms with E-state index in [-0.39, 0.29) is 5.41 Å². The molecule has 0 bridgehead atoms. The van der Waals surface area contributed by atoms with Crippen LogP contribution in [-0.4, -0.2) is 15.0 Å². The molecule has 0 N–H and O–H groups in total. The summed E-state index contributed by atoms with van der Waals surface area (Å²) in [5, 5.41) is 0. The van der Waals surface area contributed by atoms with Crippen LogP contribution in [0.25, 0.3) is 67.5 Å². The smallest absolute Gasteiger partial charge is 0.164 e. The van der Waals surface area contributed by atoms with Crippen LogP contribution in [0.2, 0.25) is 0 Å². The summed E-state index contributed by atoms with van der Waals surface area (Å²) in [6.07, 6.45) is 0. The molecule has 0 atom stereocenters. The number of rotatable bonds is 4. The second-order valence-electron chi connectivity index (χ2n) is 16.3. The zero-order valence-electron chi connectivity index (χ0n) is 32.6. The van der Waals surface area contributed by atoms with E-state index in [1.165, 1.54) is 44.5 Å². The number of hydrogen-bond acceptors (Lipinski definition) is 4. The molecule has 0 fully saturated rings. The molecular weight excluding hydrogens is 719 g/mol. The van der Waals surface area contributed by atoms with Gasteiger partial charge in [0.05, 0.1) is 5.41 Å². The number of ether oxygens (including phenoxy) is 1. The van der Waals surface area contributed by atoms with Crippen LogP contribution in [-0.2, 0) is 10.8 Å². The van der Waals surface area contributed by atoms with Gasteiger partial charge in [0.15, 0.2) is 17.5 Å². The number of para-hydroxylation sites is 1. The third-order valence-corrected chi connectivity index (χ3v) is 12.8. The van der Waals surface area contributed by atoms with Gasteiger partial charge in [-0.1, -0.05) is 178 Å². The minimum atomic E-state index is -0.565. The molecule has 0 radical (unpaired) electrons. The molecule has 59 heavy (non-hydrogen) atoms. The Kier molecular flexibility index (Phi) is 7.16. The maximum Gasteiger partial charge on any atom is 0.164 e. The van der Waals surface area contributed by atoms with Crippen molar-refractivity contribution in [2.75, 3.05) is 0 Å². The van der Waals surface area contributed by atoms with E-state index in [1.54, 1.807) is 0 Å². The van der Waals surface area contributed by atoms with Crippen LogP contribution in [0.3, 0.4) is 0 Å². The fourth-order valence-electron chi connectivity index (χ4n) is 10.1. The van der Waals surface area contributed by atoms with Crippen molar-refractivity contribution in [1.82, 2.24) is 15.0 Å². The molecule has 1 aliphatic heterocycles. The molecule has 4 nitrogen and oxygen atoms in total. The summed E-state index contributed by atoms with van der Waals surface area (Å²) in [5.41, 5.74) is 16.7. The van der Waals surface area contributed by atoms with Gasteiger partial charge < -0.3 is 4.74 Å². The average Bonchev–Trinajstić information content (AvgIpc) is 3.72. The van der Waals surface area contributed by atoms with Crippen LogP contribution in [0.15, 0.2) is 188 Å². The van der Waals surface area contributed by atoms with Crippen molar-refractivity contribution in [2.45, 2.75) is 24.7 Å². The number of hydrogen-bond donors (Lipinski definition) is 0. The van der Waals surface area contributed by atoms with Gasteiger partial charge in [0.25, 0.3) is 0 Å². The molecule has 2 heterocycles. The molecule has 1 spiro atoms. The van der Waals surface area contributed by atoms with Crippen LogP contribution < -0.4 is 4.74 Å². The largest absolute Gasteiger partial charge is 0.457 e. The van der Waals surface area contributed by atoms with Gasteiger partial charge in [-0.25, -0.2) is 15.0 Å². The van der Waals surface area contributed by atoms with Gasteiger partial charge in [0.2, 0.25) is 0 Å². The molecule has 8 aromatic carbocycles. The number of benzene rings is 8. The lowest BCUT2D eigenvalue weighted by Gasteiger charge is -2.39. The Bertz CT molecular complexity index is 3140. The SMILES string of the molecule is CC1(C)c2ccccc2-c2ccc(-c3nc(-c4ccccc4)nc(-c4ccccc4-c4ccc5c(c4)C4(c6ccccc6O5)c5ccccc5-c5ccccc54)n3)cc21. The van der Waals surface area contributed by atoms with Crippen molar-refractivity contribution in [2.24, 2.45) is 0 Å². The second-order valence-corrected chi connectivity index (χ2v) is 16.3. The van der Waals surface area contributed by atoms with Crippen LogP contribution in [0.5, 0.6) is 11.5 Å². The van der Waals surface area contributed by atoms with E-state index < -0.39 is 5.41 Å². The van der Waals surface area contributed by atoms with Gasteiger partial charge in [-0.05, 0) is 79.9 Å². The summed E-state index contributed by atoms with van der Waals surface area (Å²) in [6.45, 7) is 4.61. The van der Waals surface area contributed by atoms with E-state index in [0.29, 0.717) is 17.5 Å². The monoisotopic (exact) mass is 755 g/mol. The number of fused-ring (bicyclic) bond motifs is 12. The normalized spacial score (nSPS) is 14.3. The number of nitrogens with zero attached hydrogens (tertiary/aromatic N) is 3. The van der Waals surface area contributed by atoms with E-state index in [0.717, 1.165) is 50.4 Å². The fourth-order valence-corrected chi connectivity index (χ4v) is 10.1. The molecule has 9 aromatic rings. The minimum absolute atomic E-state index is 0.152. The Balaban J connectivity index is 1.06. The summed E-state index contributed by atoms with van der Waals surface area (Å²) in [7, 11) is 0. The van der Waals surface area contributed by atoms with Crippen molar-refractivity contribution in [3.05, 3.63) is 221 Å². The Hall–Kier alpha value is -7.43. The van der Waals surface area contributed by atoms with Crippen molar-refractivity contribution in [1.29, 1.82) is 0 Å². The summed E-state index contributed by atoms with van der Waals surface area (Å²) < 4.78 is 6.76. The lowest BCUT2D eigenvalue weighted by atomic mass is 9.65. The third-order valence-electron chi connectivity index (χ3n) is 12.8. The van der Waals surface area contributed by atoms with Crippen molar-refractivity contribution in [3.63, 3.8) is 0 Å². The molecule has 278 valence electrons. The molecule has 0 saturated heterocycles. The van der Waals surface area contributed by atoms with E-state index in [2.05, 4.69) is 184 Å². The topological polar surface area (TPSA) is 47.9 Å². The maximum absolute atomic E-state index is 6.76. The third kappa shape index (κ3) is 4.80. The first kappa shape index (κ1) is 33.7. The molecule has 3 aliphatic rings. The molecule has 1 aromatic heterocycles. The first-order chi connectivity index (χ1) is 29.0. The predicted octanol–water partition coefficient (Wildman–Crippen LogP) is 13.3. The minimum Gasteiger partial charge on any atom is -0.457 e. The molecule has 2 aliphatic carbocycles. The first-order valence-electron chi connectivity index (χ1n) is 20.3. The summed E-state index contributed by atoms with van der Waals surface area (Å²) in [5.74, 6) is 3.64. The second kappa shape index (κ2) is 12.5. The van der Waals surface area contributed by atoms with E-state index in [4.69, 9.17) is 19.7 Å². The Morgan fingerprint density at radius 2 is 0.797 bits per heavy atom. The molecule has 0 saturated carbocycles. The van der Waals surface area contributed by atoms with Gasteiger partial charge in [-0.15, -0.1) is 0 Å². The Morgan fingerprint density at radius 1 is 0.322 bits per heavy atom. The van der Waals surface area contributed by atoms with Crippen LogP contribution >= 0.6 is 0 Å². The molecular formula is C55H37N3O. The summed E-state index contributed by atoms with van der Waals surface area (Å²) in [4.78, 5) is 15.7. The lowest BCUT2D eigenvalue weighted by Crippen LogP contribution is -2.32. The highest BCUT2D eigenvalue weighted by molar-refractivity contribution is 5.90. The lowest BCUT2D eigenvalue weighted by molar-refractivity contribution is 0.436. The van der Waals surface area contributed by atoms with E-state index >= 15 is 0 Å². The molecule has 0 unspecified atom stereocenters. The molecule has 0 amide bonds. The Labute approximate surface area is 343 Å². The van der Waals surface area contributed by atoms with Crippen molar-refractivity contribution < 1.29 is 4.74 Å². The van der Waals surface area contributed by atoms with Crippen LogP contribution in [0.1, 0.15) is 47.2 Å². The quantitative estimate of drug-likeness (QED) is 0.179. The fraction of sp³-hybridized carbons (Fsp3) is 0.0727. The van der Waals surface area contributed by atoms with Crippen molar-refractivity contribution in [3.8, 4) is 79.0 Å². The van der Waals surface area contributed by atoms with E-state index in [9.17, 15) is 0 Å². The summed E-state index contributed by atoms with van der Waals surface area (Å²) >= 11 is 0. The van der Waals surface area contributed by atoms with Gasteiger partial charge in [0, 0.05) is 33.2 Å². The zero-order chi connectivity index (χ0) is 39.3. The van der Waals surface area contributed by atoms with Gasteiger partial charge in [-0.3, -0.25) is 0 Å². The number of aromatic nitrogens is 3. The highest BCUT2D eigenvalue weighted by atomic mass is 16.5. The standard InChI is InChI=1S/C55H37N3O/c1-54(2)43-23-11-8-19-38(43)41-30-28-36(33-47(41)54)52-56-51(34-16-4-3-5-17-34)57-53(58-52)42-22-7-6-18-37(42)35-29-31-50-48(32-35)55(46-26-14-15-27-49(46)59-50)44-24-12-9-20-39(44)40-21-10-13-25-45(40)55/h3-33H,1-2H3. The van der Waals surface area contributed by atoms with E-state index in [1.807, 2.05) is 18.2 Å². The highest BCUT2D eigenvalue weighted by Gasteiger charge is 2.51. The van der Waals surface area contributed by atoms with Gasteiger partial charge in [-0.2, -0.15) is 0 Å². The van der Waals surface area contributed by atoms with Gasteiger partial charge >= 0.3 is 0 Å². The van der Waals surface area contributed by atoms with Crippen molar-refractivity contribution >= 4 is 0 Å². The van der Waals surface area contributed by atoms with Gasteiger partial charge in [0.1, 0.15) is 11.5 Å².